The summed E-state index contributed by atoms with van der Waals surface area (Å²) in [7, 11) is -3.16. The predicted molar refractivity (Wildman–Crippen MR) is 78.3 cm³/mol. The Morgan fingerprint density at radius 2 is 1.86 bits per heavy atom. The van der Waals surface area contributed by atoms with Crippen LogP contribution < -0.4 is 5.32 Å². The van der Waals surface area contributed by atoms with Crippen LogP contribution >= 0.6 is 0 Å². The number of amides is 1. The number of hydrogen-bond acceptors (Lipinski definition) is 4. The van der Waals surface area contributed by atoms with Gasteiger partial charge in [0.1, 0.15) is 0 Å². The van der Waals surface area contributed by atoms with Gasteiger partial charge in [0, 0.05) is 32.0 Å². The zero-order chi connectivity index (χ0) is 15.9. The van der Waals surface area contributed by atoms with Gasteiger partial charge >= 0.3 is 5.97 Å². The summed E-state index contributed by atoms with van der Waals surface area (Å²) in [5.41, 5.74) is 0. The molecular weight excluding hydrogens is 296 g/mol. The van der Waals surface area contributed by atoms with E-state index in [1.54, 1.807) is 6.92 Å². The summed E-state index contributed by atoms with van der Waals surface area (Å²) < 4.78 is 24.9. The van der Waals surface area contributed by atoms with Crippen molar-refractivity contribution in [2.24, 2.45) is 5.92 Å². The lowest BCUT2D eigenvalue weighted by Crippen LogP contribution is -2.43. The molecule has 1 fully saturated rings. The number of nitrogens with zero attached hydrogens (tertiary/aromatic N) is 1. The standard InChI is InChI=1S/C13H24N2O5S/c1-2-21(19,20)15-9-6-11(7-10-15)13(18)14-8-4-3-5-12(16)17/h11H,2-10H2,1H3,(H,14,18)(H,16,17). The van der Waals surface area contributed by atoms with E-state index >= 15 is 0 Å². The summed E-state index contributed by atoms with van der Waals surface area (Å²) in [6.07, 6.45) is 2.38. The van der Waals surface area contributed by atoms with Crippen LogP contribution in [0.3, 0.4) is 0 Å². The highest BCUT2D eigenvalue weighted by Crippen LogP contribution is 2.19. The molecule has 122 valence electrons. The van der Waals surface area contributed by atoms with E-state index in [4.69, 9.17) is 5.11 Å². The van der Waals surface area contributed by atoms with E-state index in [2.05, 4.69) is 5.32 Å². The van der Waals surface area contributed by atoms with Crippen LogP contribution in [0.5, 0.6) is 0 Å². The Balaban J connectivity index is 2.24. The van der Waals surface area contributed by atoms with Gasteiger partial charge in [0.25, 0.3) is 0 Å². The lowest BCUT2D eigenvalue weighted by atomic mass is 9.97. The topological polar surface area (TPSA) is 104 Å². The molecule has 1 aliphatic rings. The van der Waals surface area contributed by atoms with E-state index in [1.165, 1.54) is 4.31 Å². The fourth-order valence-electron chi connectivity index (χ4n) is 2.34. The number of hydrogen-bond donors (Lipinski definition) is 2. The highest BCUT2D eigenvalue weighted by Gasteiger charge is 2.29. The fourth-order valence-corrected chi connectivity index (χ4v) is 3.47. The van der Waals surface area contributed by atoms with Crippen molar-refractivity contribution in [2.45, 2.75) is 39.0 Å². The van der Waals surface area contributed by atoms with E-state index in [0.717, 1.165) is 0 Å². The van der Waals surface area contributed by atoms with Crippen LogP contribution in [-0.2, 0) is 19.6 Å². The molecule has 0 saturated carbocycles. The third-order valence-electron chi connectivity index (χ3n) is 3.70. The van der Waals surface area contributed by atoms with Gasteiger partial charge in [-0.3, -0.25) is 9.59 Å². The summed E-state index contributed by atoms with van der Waals surface area (Å²) in [6, 6.07) is 0. The molecule has 8 heteroatoms. The van der Waals surface area contributed by atoms with Crippen LogP contribution in [0.1, 0.15) is 39.0 Å². The van der Waals surface area contributed by atoms with Gasteiger partial charge in [0.2, 0.25) is 15.9 Å². The third-order valence-corrected chi connectivity index (χ3v) is 5.58. The average Bonchev–Trinajstić information content (AvgIpc) is 2.46. The quantitative estimate of drug-likeness (QED) is 0.631. The summed E-state index contributed by atoms with van der Waals surface area (Å²) >= 11 is 0. The van der Waals surface area contributed by atoms with Crippen LogP contribution in [0.2, 0.25) is 0 Å². The molecule has 1 aliphatic heterocycles. The lowest BCUT2D eigenvalue weighted by Gasteiger charge is -2.30. The molecule has 0 aromatic heterocycles. The van der Waals surface area contributed by atoms with Crippen molar-refractivity contribution < 1.29 is 23.1 Å². The molecule has 0 bridgehead atoms. The number of nitrogens with one attached hydrogen (secondary N) is 1. The number of piperidine rings is 1. The Morgan fingerprint density at radius 3 is 2.38 bits per heavy atom. The van der Waals surface area contributed by atoms with E-state index in [9.17, 15) is 18.0 Å². The fraction of sp³-hybridized carbons (Fsp3) is 0.846. The third kappa shape index (κ3) is 6.01. The van der Waals surface area contributed by atoms with E-state index in [0.29, 0.717) is 45.3 Å². The summed E-state index contributed by atoms with van der Waals surface area (Å²) in [5.74, 6) is -0.939. The molecule has 0 aromatic carbocycles. The second-order valence-electron chi connectivity index (χ2n) is 5.22. The molecule has 0 unspecified atom stereocenters. The molecule has 1 heterocycles. The maximum absolute atomic E-state index is 11.9. The number of sulfonamides is 1. The van der Waals surface area contributed by atoms with Crippen molar-refractivity contribution in [2.75, 3.05) is 25.4 Å². The first-order valence-corrected chi connectivity index (χ1v) is 8.95. The molecule has 2 N–H and O–H groups in total. The molecule has 21 heavy (non-hydrogen) atoms. The lowest BCUT2D eigenvalue weighted by molar-refractivity contribution is -0.137. The number of carboxylic acids is 1. The Hall–Kier alpha value is -1.15. The zero-order valence-corrected chi connectivity index (χ0v) is 13.2. The van der Waals surface area contributed by atoms with Gasteiger partial charge in [-0.1, -0.05) is 0 Å². The van der Waals surface area contributed by atoms with Crippen molar-refractivity contribution in [1.82, 2.24) is 9.62 Å². The molecule has 0 atom stereocenters. The maximum Gasteiger partial charge on any atom is 0.303 e. The molecule has 1 amide bonds. The Bertz CT molecular complexity index is 455. The largest absolute Gasteiger partial charge is 0.481 e. The highest BCUT2D eigenvalue weighted by atomic mass is 32.2. The number of carboxylic acid groups (broad SMARTS) is 1. The molecular formula is C13H24N2O5S. The van der Waals surface area contributed by atoms with Crippen molar-refractivity contribution in [3.63, 3.8) is 0 Å². The van der Waals surface area contributed by atoms with Gasteiger partial charge in [-0.2, -0.15) is 0 Å². The second-order valence-corrected chi connectivity index (χ2v) is 7.47. The van der Waals surface area contributed by atoms with E-state index in [-0.39, 0.29) is 24.0 Å². The molecule has 1 rings (SSSR count). The average molecular weight is 320 g/mol. The van der Waals surface area contributed by atoms with Gasteiger partial charge < -0.3 is 10.4 Å². The van der Waals surface area contributed by atoms with Gasteiger partial charge in [0.05, 0.1) is 5.75 Å². The van der Waals surface area contributed by atoms with Crippen molar-refractivity contribution in [3.05, 3.63) is 0 Å². The molecule has 0 aliphatic carbocycles. The second kappa shape index (κ2) is 8.33. The summed E-state index contributed by atoms with van der Waals surface area (Å²) in [6.45, 7) is 2.88. The van der Waals surface area contributed by atoms with Gasteiger partial charge in [-0.15, -0.1) is 0 Å². The number of carbonyl (C=O) groups is 2. The van der Waals surface area contributed by atoms with Gasteiger partial charge in [-0.25, -0.2) is 12.7 Å². The summed E-state index contributed by atoms with van der Waals surface area (Å²) in [5, 5.41) is 11.3. The molecule has 1 saturated heterocycles. The number of unbranched alkanes of at least 4 members (excludes halogenated alkanes) is 1. The minimum Gasteiger partial charge on any atom is -0.481 e. The van der Waals surface area contributed by atoms with Gasteiger partial charge in [0.15, 0.2) is 0 Å². The van der Waals surface area contributed by atoms with Gasteiger partial charge in [-0.05, 0) is 32.6 Å². The zero-order valence-electron chi connectivity index (χ0n) is 12.4. The first-order chi connectivity index (χ1) is 9.86. The van der Waals surface area contributed by atoms with Crippen LogP contribution in [0.15, 0.2) is 0 Å². The molecule has 7 nitrogen and oxygen atoms in total. The normalized spacial score (nSPS) is 17.6. The Kier molecular flexibility index (Phi) is 7.10. The van der Waals surface area contributed by atoms with E-state index < -0.39 is 16.0 Å². The van der Waals surface area contributed by atoms with Crippen LogP contribution in [0.4, 0.5) is 0 Å². The molecule has 0 spiro atoms. The first kappa shape index (κ1) is 17.9. The van der Waals surface area contributed by atoms with Crippen LogP contribution in [0.25, 0.3) is 0 Å². The van der Waals surface area contributed by atoms with E-state index in [1.807, 2.05) is 0 Å². The molecule has 0 radical (unpaired) electrons. The Morgan fingerprint density at radius 1 is 1.24 bits per heavy atom. The number of rotatable bonds is 8. The van der Waals surface area contributed by atoms with Crippen molar-refractivity contribution in [1.29, 1.82) is 0 Å². The smallest absolute Gasteiger partial charge is 0.303 e. The first-order valence-electron chi connectivity index (χ1n) is 7.34. The SMILES string of the molecule is CCS(=O)(=O)N1CCC(C(=O)NCCCCC(=O)O)CC1. The van der Waals surface area contributed by atoms with Crippen molar-refractivity contribution >= 4 is 21.9 Å². The Labute approximate surface area is 125 Å². The monoisotopic (exact) mass is 320 g/mol. The van der Waals surface area contributed by atoms with Crippen LogP contribution in [-0.4, -0.2) is 55.1 Å². The minimum absolute atomic E-state index is 0.0566. The number of aliphatic carboxylic acids is 1. The van der Waals surface area contributed by atoms with Crippen molar-refractivity contribution in [3.8, 4) is 0 Å². The molecule has 0 aromatic rings. The maximum atomic E-state index is 11.9. The minimum atomic E-state index is -3.16. The van der Waals surface area contributed by atoms with Crippen LogP contribution in [0, 0.1) is 5.92 Å². The predicted octanol–water partition coefficient (Wildman–Crippen LogP) is 0.419. The highest BCUT2D eigenvalue weighted by molar-refractivity contribution is 7.89. The number of carbonyl (C=O) groups excluding carboxylic acids is 1. The summed E-state index contributed by atoms with van der Waals surface area (Å²) in [4.78, 5) is 22.3.